The van der Waals surface area contributed by atoms with Crippen molar-refractivity contribution < 1.29 is 4.79 Å². The number of carbonyl (C=O) groups excluding carboxylic acids is 1. The van der Waals surface area contributed by atoms with E-state index in [4.69, 9.17) is 0 Å². The van der Waals surface area contributed by atoms with Crippen molar-refractivity contribution in [1.82, 2.24) is 29.5 Å². The molecule has 1 saturated heterocycles. The SMILES string of the molecule is Cn1cccc1[C@@H]1CCCCN1C(=O)NCc1ncnn1C(C)(C)C. The van der Waals surface area contributed by atoms with Crippen LogP contribution in [0, 0.1) is 0 Å². The third kappa shape index (κ3) is 3.70. The van der Waals surface area contributed by atoms with Crippen LogP contribution < -0.4 is 5.32 Å². The van der Waals surface area contributed by atoms with Crippen LogP contribution in [0.4, 0.5) is 4.79 Å². The highest BCUT2D eigenvalue weighted by atomic mass is 16.2. The van der Waals surface area contributed by atoms with Crippen molar-refractivity contribution in [1.29, 1.82) is 0 Å². The zero-order valence-corrected chi connectivity index (χ0v) is 15.6. The number of aryl methyl sites for hydroxylation is 1. The summed E-state index contributed by atoms with van der Waals surface area (Å²) in [6, 6.07) is 4.24. The molecule has 0 unspecified atom stereocenters. The van der Waals surface area contributed by atoms with Gasteiger partial charge in [0, 0.05) is 25.5 Å². The van der Waals surface area contributed by atoms with Crippen LogP contribution in [0.1, 0.15) is 57.6 Å². The number of nitrogens with zero attached hydrogens (tertiary/aromatic N) is 5. The minimum Gasteiger partial charge on any atom is -0.353 e. The maximum Gasteiger partial charge on any atom is 0.318 e. The average molecular weight is 344 g/mol. The van der Waals surface area contributed by atoms with E-state index < -0.39 is 0 Å². The fourth-order valence-electron chi connectivity index (χ4n) is 3.51. The first-order chi connectivity index (χ1) is 11.9. The predicted octanol–water partition coefficient (Wildman–Crippen LogP) is 2.81. The van der Waals surface area contributed by atoms with Crippen LogP contribution in [0.2, 0.25) is 0 Å². The topological polar surface area (TPSA) is 68.0 Å². The number of hydrogen-bond donors (Lipinski definition) is 1. The minimum atomic E-state index is -0.159. The van der Waals surface area contributed by atoms with E-state index in [1.807, 2.05) is 28.9 Å². The Morgan fingerprint density at radius 2 is 2.16 bits per heavy atom. The molecule has 0 aliphatic carbocycles. The van der Waals surface area contributed by atoms with Gasteiger partial charge in [0.2, 0.25) is 0 Å². The van der Waals surface area contributed by atoms with Gasteiger partial charge in [-0.05, 0) is 52.2 Å². The van der Waals surface area contributed by atoms with Gasteiger partial charge in [-0.15, -0.1) is 0 Å². The van der Waals surface area contributed by atoms with E-state index in [0.717, 1.165) is 31.6 Å². The molecule has 3 rings (SSSR count). The number of amides is 2. The molecule has 7 heteroatoms. The molecule has 1 atom stereocenters. The quantitative estimate of drug-likeness (QED) is 0.931. The van der Waals surface area contributed by atoms with Gasteiger partial charge in [0.25, 0.3) is 0 Å². The zero-order chi connectivity index (χ0) is 18.0. The van der Waals surface area contributed by atoms with Crippen LogP contribution in [0.25, 0.3) is 0 Å². The van der Waals surface area contributed by atoms with E-state index in [1.165, 1.54) is 5.69 Å². The van der Waals surface area contributed by atoms with Crippen molar-refractivity contribution in [3.63, 3.8) is 0 Å². The maximum absolute atomic E-state index is 12.8. The van der Waals surface area contributed by atoms with Gasteiger partial charge >= 0.3 is 6.03 Å². The Labute approximate surface area is 149 Å². The standard InChI is InChI=1S/C18H28N6O/c1-18(2,3)24-16(20-13-21-24)12-19-17(25)23-11-6-5-8-15(23)14-9-7-10-22(14)4/h7,9-10,13,15H,5-6,8,11-12H2,1-4H3,(H,19,25)/t15-/m0/s1. The van der Waals surface area contributed by atoms with Gasteiger partial charge in [-0.3, -0.25) is 0 Å². The summed E-state index contributed by atoms with van der Waals surface area (Å²) in [7, 11) is 2.03. The van der Waals surface area contributed by atoms with Crippen LogP contribution in [0.15, 0.2) is 24.7 Å². The average Bonchev–Trinajstić information content (AvgIpc) is 3.21. The molecule has 0 bridgehead atoms. The van der Waals surface area contributed by atoms with Gasteiger partial charge in [-0.25, -0.2) is 14.5 Å². The summed E-state index contributed by atoms with van der Waals surface area (Å²) in [6.45, 7) is 7.38. The normalized spacial score (nSPS) is 18.4. The third-order valence-corrected chi connectivity index (χ3v) is 4.74. The van der Waals surface area contributed by atoms with E-state index in [9.17, 15) is 4.79 Å². The molecular formula is C18H28N6O. The summed E-state index contributed by atoms with van der Waals surface area (Å²) in [4.78, 5) is 19.1. The Bertz CT molecular complexity index is 726. The fraction of sp³-hybridized carbons (Fsp3) is 0.611. The molecule has 2 aromatic heterocycles. The molecule has 7 nitrogen and oxygen atoms in total. The van der Waals surface area contributed by atoms with Gasteiger partial charge < -0.3 is 14.8 Å². The van der Waals surface area contributed by atoms with E-state index in [-0.39, 0.29) is 17.6 Å². The van der Waals surface area contributed by atoms with Crippen molar-refractivity contribution in [2.24, 2.45) is 7.05 Å². The lowest BCUT2D eigenvalue weighted by Crippen LogP contribution is -2.45. The minimum absolute atomic E-state index is 0.0330. The molecule has 0 saturated carbocycles. The molecule has 2 aromatic rings. The molecule has 3 heterocycles. The zero-order valence-electron chi connectivity index (χ0n) is 15.6. The van der Waals surface area contributed by atoms with Gasteiger partial charge in [0.1, 0.15) is 12.2 Å². The number of likely N-dealkylation sites (tertiary alicyclic amines) is 1. The Morgan fingerprint density at radius 3 is 2.84 bits per heavy atom. The second kappa shape index (κ2) is 6.90. The molecule has 1 N–H and O–H groups in total. The highest BCUT2D eigenvalue weighted by molar-refractivity contribution is 5.74. The van der Waals surface area contributed by atoms with Crippen LogP contribution in [0.3, 0.4) is 0 Å². The molecule has 0 radical (unpaired) electrons. The van der Waals surface area contributed by atoms with Gasteiger partial charge in [-0.1, -0.05) is 0 Å². The van der Waals surface area contributed by atoms with Crippen LogP contribution in [-0.2, 0) is 19.1 Å². The van der Waals surface area contributed by atoms with E-state index in [1.54, 1.807) is 6.33 Å². The molecule has 0 spiro atoms. The summed E-state index contributed by atoms with van der Waals surface area (Å²) in [5, 5.41) is 7.32. The van der Waals surface area contributed by atoms with Crippen LogP contribution in [0.5, 0.6) is 0 Å². The predicted molar refractivity (Wildman–Crippen MR) is 96.0 cm³/mol. The molecule has 136 valence electrons. The second-order valence-electron chi connectivity index (χ2n) is 7.67. The van der Waals surface area contributed by atoms with E-state index in [2.05, 4.69) is 46.8 Å². The molecule has 1 aliphatic heterocycles. The Morgan fingerprint density at radius 1 is 1.36 bits per heavy atom. The molecule has 25 heavy (non-hydrogen) atoms. The number of aromatic nitrogens is 4. The van der Waals surface area contributed by atoms with Gasteiger partial charge in [0.05, 0.1) is 18.1 Å². The van der Waals surface area contributed by atoms with Crippen LogP contribution in [-0.4, -0.2) is 36.8 Å². The Balaban J connectivity index is 1.70. The fourth-order valence-corrected chi connectivity index (χ4v) is 3.51. The number of rotatable bonds is 3. The number of nitrogens with one attached hydrogen (secondary N) is 1. The summed E-state index contributed by atoms with van der Waals surface area (Å²) in [5.41, 5.74) is 1.03. The van der Waals surface area contributed by atoms with Gasteiger partial charge in [-0.2, -0.15) is 5.10 Å². The molecular weight excluding hydrogens is 316 g/mol. The smallest absolute Gasteiger partial charge is 0.318 e. The third-order valence-electron chi connectivity index (χ3n) is 4.74. The highest BCUT2D eigenvalue weighted by Gasteiger charge is 2.29. The van der Waals surface area contributed by atoms with Crippen LogP contribution >= 0.6 is 0 Å². The van der Waals surface area contributed by atoms with Crippen molar-refractivity contribution in [3.05, 3.63) is 36.2 Å². The maximum atomic E-state index is 12.8. The van der Waals surface area contributed by atoms with Crippen molar-refractivity contribution >= 4 is 6.03 Å². The number of hydrogen-bond acceptors (Lipinski definition) is 3. The molecule has 2 amide bonds. The highest BCUT2D eigenvalue weighted by Crippen LogP contribution is 2.30. The largest absolute Gasteiger partial charge is 0.353 e. The van der Waals surface area contributed by atoms with Gasteiger partial charge in [0.15, 0.2) is 0 Å². The lowest BCUT2D eigenvalue weighted by Gasteiger charge is -2.36. The molecule has 1 aliphatic rings. The summed E-state index contributed by atoms with van der Waals surface area (Å²) < 4.78 is 3.96. The van der Waals surface area contributed by atoms with E-state index in [0.29, 0.717) is 6.54 Å². The van der Waals surface area contributed by atoms with E-state index >= 15 is 0 Å². The summed E-state index contributed by atoms with van der Waals surface area (Å²) >= 11 is 0. The lowest BCUT2D eigenvalue weighted by molar-refractivity contribution is 0.147. The molecule has 1 fully saturated rings. The number of carbonyl (C=O) groups is 1. The first kappa shape index (κ1) is 17.5. The monoisotopic (exact) mass is 344 g/mol. The second-order valence-corrected chi connectivity index (χ2v) is 7.67. The lowest BCUT2D eigenvalue weighted by atomic mass is 10.00. The number of piperidine rings is 1. The first-order valence-electron chi connectivity index (χ1n) is 8.93. The van der Waals surface area contributed by atoms with Crippen molar-refractivity contribution in [3.8, 4) is 0 Å². The van der Waals surface area contributed by atoms with Crippen molar-refractivity contribution in [2.45, 2.75) is 58.2 Å². The summed E-state index contributed by atoms with van der Waals surface area (Å²) in [6.07, 6.45) is 6.78. The first-order valence-corrected chi connectivity index (χ1v) is 8.93. The number of urea groups is 1. The van der Waals surface area contributed by atoms with Crippen molar-refractivity contribution in [2.75, 3.05) is 6.54 Å². The Kier molecular flexibility index (Phi) is 4.83. The Hall–Kier alpha value is -2.31. The molecule has 0 aromatic carbocycles. The summed E-state index contributed by atoms with van der Waals surface area (Å²) in [5.74, 6) is 0.772.